The van der Waals surface area contributed by atoms with Crippen LogP contribution in [0, 0.1) is 15.9 Å². The van der Waals surface area contributed by atoms with Crippen LogP contribution in [-0.4, -0.2) is 11.5 Å². The van der Waals surface area contributed by atoms with E-state index in [4.69, 9.17) is 0 Å². The molecule has 3 nitrogen and oxygen atoms in total. The van der Waals surface area contributed by atoms with Gasteiger partial charge in [0, 0.05) is 11.3 Å². The highest BCUT2D eigenvalue weighted by atomic mass is 19.4. The number of hydrogen-bond donors (Lipinski definition) is 0. The van der Waals surface area contributed by atoms with Gasteiger partial charge in [-0.3, -0.25) is 10.1 Å². The highest BCUT2D eigenvalue weighted by molar-refractivity contribution is 5.26. The van der Waals surface area contributed by atoms with Gasteiger partial charge in [-0.25, -0.2) is 4.39 Å². The van der Waals surface area contributed by atoms with Crippen molar-refractivity contribution in [3.05, 3.63) is 45.3 Å². The largest absolute Gasteiger partial charge is 0.419 e. The Hall–Kier alpha value is -1.66. The average Bonchev–Trinajstić information content (AvgIpc) is 2.12. The summed E-state index contributed by atoms with van der Waals surface area (Å²) in [7, 11) is 0. The van der Waals surface area contributed by atoms with Crippen LogP contribution in [0.5, 0.6) is 0 Å². The highest BCUT2D eigenvalue weighted by Crippen LogP contribution is 2.31. The number of hydrogen-bond acceptors (Lipinski definition) is 2. The van der Waals surface area contributed by atoms with Crippen LogP contribution in [0.25, 0.3) is 0 Å². The number of benzene rings is 1. The number of halogens is 4. The smallest absolute Gasteiger partial charge is 0.265 e. The lowest BCUT2D eigenvalue weighted by atomic mass is 10.1. The van der Waals surface area contributed by atoms with Crippen molar-refractivity contribution >= 4 is 0 Å². The van der Waals surface area contributed by atoms with Gasteiger partial charge in [-0.05, 0) is 17.7 Å². The van der Waals surface area contributed by atoms with Crippen LogP contribution in [0.3, 0.4) is 0 Å². The van der Waals surface area contributed by atoms with Crippen LogP contribution in [0.4, 0.5) is 17.6 Å². The number of alkyl halides is 3. The van der Waals surface area contributed by atoms with Crippen molar-refractivity contribution in [1.29, 1.82) is 0 Å². The molecule has 0 saturated heterocycles. The van der Waals surface area contributed by atoms with E-state index in [0.717, 1.165) is 6.07 Å². The molecule has 0 saturated carbocycles. The van der Waals surface area contributed by atoms with Crippen molar-refractivity contribution in [2.24, 2.45) is 0 Å². The zero-order valence-corrected chi connectivity index (χ0v) is 7.92. The topological polar surface area (TPSA) is 43.1 Å². The summed E-state index contributed by atoms with van der Waals surface area (Å²) in [6.07, 6.45) is -4.84. The van der Waals surface area contributed by atoms with Crippen LogP contribution in [0.15, 0.2) is 18.2 Å². The fraction of sp³-hybridized carbons (Fsp3) is 0.333. The number of rotatable bonds is 3. The van der Waals surface area contributed by atoms with Crippen molar-refractivity contribution in [2.75, 3.05) is 6.54 Å². The van der Waals surface area contributed by atoms with E-state index >= 15 is 0 Å². The Kier molecular flexibility index (Phi) is 3.46. The van der Waals surface area contributed by atoms with Gasteiger partial charge in [0.05, 0.1) is 5.56 Å². The predicted octanol–water partition coefficient (Wildman–Crippen LogP) is 2.66. The summed E-state index contributed by atoms with van der Waals surface area (Å²) in [5.74, 6) is -1.41. The minimum atomic E-state index is -4.74. The number of nitro groups is 1. The summed E-state index contributed by atoms with van der Waals surface area (Å²) in [6, 6.07) is 2.30. The minimum Gasteiger partial charge on any atom is -0.265 e. The van der Waals surface area contributed by atoms with E-state index in [0.29, 0.717) is 12.1 Å². The summed E-state index contributed by atoms with van der Waals surface area (Å²) in [6.45, 7) is -0.440. The van der Waals surface area contributed by atoms with Crippen molar-refractivity contribution in [3.8, 4) is 0 Å². The van der Waals surface area contributed by atoms with Crippen molar-refractivity contribution in [3.63, 3.8) is 0 Å². The van der Waals surface area contributed by atoms with Crippen LogP contribution >= 0.6 is 0 Å². The summed E-state index contributed by atoms with van der Waals surface area (Å²) in [4.78, 5) is 9.40. The molecule has 0 atom stereocenters. The molecule has 0 fully saturated rings. The fourth-order valence-electron chi connectivity index (χ4n) is 1.16. The Morgan fingerprint density at radius 1 is 1.31 bits per heavy atom. The Labute approximate surface area is 87.8 Å². The lowest BCUT2D eigenvalue weighted by molar-refractivity contribution is -0.479. The molecule has 1 aromatic rings. The molecule has 88 valence electrons. The molecule has 0 unspecified atom stereocenters. The summed E-state index contributed by atoms with van der Waals surface area (Å²) >= 11 is 0. The monoisotopic (exact) mass is 237 g/mol. The standard InChI is InChI=1S/C9H7F4NO2/c10-8-5-6(3-4-14(15)16)1-2-7(8)9(11,12)13/h1-2,5H,3-4H2. The van der Waals surface area contributed by atoms with Gasteiger partial charge >= 0.3 is 6.18 Å². The third kappa shape index (κ3) is 3.18. The molecule has 0 aliphatic rings. The fourth-order valence-corrected chi connectivity index (χ4v) is 1.16. The molecule has 0 aliphatic carbocycles. The molecule has 0 aliphatic heterocycles. The second kappa shape index (κ2) is 4.46. The van der Waals surface area contributed by atoms with Gasteiger partial charge in [0.25, 0.3) is 0 Å². The Balaban J connectivity index is 2.87. The first-order chi connectivity index (χ1) is 7.30. The summed E-state index contributed by atoms with van der Waals surface area (Å²) in [5, 5.41) is 10.0. The predicted molar refractivity (Wildman–Crippen MR) is 47.0 cm³/mol. The van der Waals surface area contributed by atoms with Gasteiger partial charge in [0.1, 0.15) is 5.82 Å². The second-order valence-corrected chi connectivity index (χ2v) is 3.12. The van der Waals surface area contributed by atoms with E-state index in [1.807, 2.05) is 0 Å². The van der Waals surface area contributed by atoms with E-state index in [1.165, 1.54) is 0 Å². The molecular formula is C9H7F4NO2. The summed E-state index contributed by atoms with van der Waals surface area (Å²) in [5.41, 5.74) is -1.19. The van der Waals surface area contributed by atoms with Gasteiger partial charge < -0.3 is 0 Å². The molecule has 0 spiro atoms. The number of nitrogens with zero attached hydrogens (tertiary/aromatic N) is 1. The van der Waals surface area contributed by atoms with Gasteiger partial charge in [0.2, 0.25) is 6.54 Å². The molecule has 7 heteroatoms. The highest BCUT2D eigenvalue weighted by Gasteiger charge is 2.33. The molecule has 0 radical (unpaired) electrons. The molecule has 1 rings (SSSR count). The van der Waals surface area contributed by atoms with Crippen LogP contribution in [0.1, 0.15) is 11.1 Å². The third-order valence-corrected chi connectivity index (χ3v) is 1.92. The van der Waals surface area contributed by atoms with E-state index in [1.54, 1.807) is 0 Å². The first kappa shape index (κ1) is 12.4. The molecule has 0 N–H and O–H groups in total. The lowest BCUT2D eigenvalue weighted by Gasteiger charge is -2.08. The van der Waals surface area contributed by atoms with E-state index in [-0.39, 0.29) is 12.0 Å². The second-order valence-electron chi connectivity index (χ2n) is 3.12. The molecule has 0 heterocycles. The minimum absolute atomic E-state index is 0.0952. The van der Waals surface area contributed by atoms with Crippen molar-refractivity contribution in [2.45, 2.75) is 12.6 Å². The molecule has 0 aromatic heterocycles. The zero-order chi connectivity index (χ0) is 12.3. The zero-order valence-electron chi connectivity index (χ0n) is 7.92. The van der Waals surface area contributed by atoms with Gasteiger partial charge in [-0.2, -0.15) is 13.2 Å². The first-order valence-corrected chi connectivity index (χ1v) is 4.28. The van der Waals surface area contributed by atoms with E-state index in [2.05, 4.69) is 0 Å². The molecule has 1 aromatic carbocycles. The normalized spacial score (nSPS) is 11.5. The Morgan fingerprint density at radius 3 is 2.38 bits per heavy atom. The van der Waals surface area contributed by atoms with Gasteiger partial charge in [0.15, 0.2) is 0 Å². The maximum atomic E-state index is 13.0. The Bertz CT molecular complexity index is 403. The van der Waals surface area contributed by atoms with Gasteiger partial charge in [-0.15, -0.1) is 0 Å². The van der Waals surface area contributed by atoms with E-state index < -0.39 is 29.0 Å². The maximum absolute atomic E-state index is 13.0. The quantitative estimate of drug-likeness (QED) is 0.460. The van der Waals surface area contributed by atoms with Crippen LogP contribution in [0.2, 0.25) is 0 Å². The van der Waals surface area contributed by atoms with Crippen molar-refractivity contribution in [1.82, 2.24) is 0 Å². The first-order valence-electron chi connectivity index (χ1n) is 4.28. The van der Waals surface area contributed by atoms with Gasteiger partial charge in [-0.1, -0.05) is 6.07 Å². The van der Waals surface area contributed by atoms with Crippen LogP contribution < -0.4 is 0 Å². The third-order valence-electron chi connectivity index (χ3n) is 1.92. The average molecular weight is 237 g/mol. The van der Waals surface area contributed by atoms with Crippen molar-refractivity contribution < 1.29 is 22.5 Å². The van der Waals surface area contributed by atoms with Crippen LogP contribution in [-0.2, 0) is 12.6 Å². The summed E-state index contributed by atoms with van der Waals surface area (Å²) < 4.78 is 49.4. The SMILES string of the molecule is O=[N+]([O-])CCc1ccc(C(F)(F)F)c(F)c1. The molecule has 0 amide bonds. The molecule has 0 bridgehead atoms. The maximum Gasteiger partial charge on any atom is 0.419 e. The molecular weight excluding hydrogens is 230 g/mol. The van der Waals surface area contributed by atoms with E-state index in [9.17, 15) is 27.7 Å². The lowest BCUT2D eigenvalue weighted by Crippen LogP contribution is -2.09. The molecule has 16 heavy (non-hydrogen) atoms. The Morgan fingerprint density at radius 2 is 1.94 bits per heavy atom.